The second-order valence-corrected chi connectivity index (χ2v) is 8.20. The van der Waals surface area contributed by atoms with Gasteiger partial charge in [0.05, 0.1) is 16.8 Å². The minimum absolute atomic E-state index is 0.193. The fraction of sp³-hybridized carbons (Fsp3) is 0.364. The van der Waals surface area contributed by atoms with Gasteiger partial charge >= 0.3 is 0 Å². The van der Waals surface area contributed by atoms with Gasteiger partial charge in [-0.05, 0) is 50.2 Å². The molecule has 0 radical (unpaired) electrons. The molecule has 1 aromatic heterocycles. The fourth-order valence-electron chi connectivity index (χ4n) is 2.96. The number of ether oxygens (including phenoxy) is 1. The minimum atomic E-state index is -0.586. The average molecular weight is 399 g/mol. The summed E-state index contributed by atoms with van der Waals surface area (Å²) < 4.78 is 6.87. The van der Waals surface area contributed by atoms with Crippen molar-refractivity contribution in [1.82, 2.24) is 9.88 Å². The number of hydrogen-bond acceptors (Lipinski definition) is 6. The average Bonchev–Trinajstić information content (AvgIpc) is 3.07. The molecule has 0 saturated heterocycles. The zero-order chi connectivity index (χ0) is 19.9. The Hall–Kier alpha value is -2.28. The number of aryl methyl sites for hydroxylation is 1. The third-order valence-electron chi connectivity index (χ3n) is 4.40. The Bertz CT molecular complexity index is 875. The molecule has 0 aliphatic rings. The number of aliphatic hydroxyl groups is 1. The van der Waals surface area contributed by atoms with Crippen LogP contribution in [0.3, 0.4) is 0 Å². The lowest BCUT2D eigenvalue weighted by atomic mass is 10.1. The third kappa shape index (κ3) is 6.12. The van der Waals surface area contributed by atoms with Gasteiger partial charge in [-0.2, -0.15) is 0 Å². The third-order valence-corrected chi connectivity index (χ3v) is 5.42. The molecule has 3 aromatic rings. The van der Waals surface area contributed by atoms with E-state index < -0.39 is 6.10 Å². The molecule has 3 rings (SSSR count). The van der Waals surface area contributed by atoms with Crippen molar-refractivity contribution in [1.29, 1.82) is 0 Å². The lowest BCUT2D eigenvalue weighted by Crippen LogP contribution is -2.32. The summed E-state index contributed by atoms with van der Waals surface area (Å²) in [4.78, 5) is 17.7. The fourth-order valence-corrected chi connectivity index (χ4v) is 4.01. The number of fused-ring (bicyclic) bond motifs is 1. The topological polar surface area (TPSA) is 62.7 Å². The highest BCUT2D eigenvalue weighted by molar-refractivity contribution is 7.18. The van der Waals surface area contributed by atoms with E-state index in [1.54, 1.807) is 18.3 Å². The van der Waals surface area contributed by atoms with Gasteiger partial charge in [0.2, 0.25) is 0 Å². The number of aromatic nitrogens is 1. The molecule has 1 atom stereocenters. The monoisotopic (exact) mass is 398 g/mol. The molecule has 0 aliphatic heterocycles. The number of aliphatic hydroxyl groups excluding tert-OH is 1. The Labute approximate surface area is 169 Å². The molecule has 1 N–H and O–H groups in total. The first-order chi connectivity index (χ1) is 13.5. The van der Waals surface area contributed by atoms with Gasteiger partial charge in [-0.25, -0.2) is 4.98 Å². The summed E-state index contributed by atoms with van der Waals surface area (Å²) in [6.07, 6.45) is 0.714. The van der Waals surface area contributed by atoms with Crippen LogP contribution in [0, 0.1) is 0 Å². The quantitative estimate of drug-likeness (QED) is 0.564. The van der Waals surface area contributed by atoms with Gasteiger partial charge in [0, 0.05) is 13.0 Å². The second kappa shape index (κ2) is 9.78. The normalized spacial score (nSPS) is 12.4. The van der Waals surface area contributed by atoms with Crippen LogP contribution in [0.1, 0.15) is 23.9 Å². The maximum atomic E-state index is 11.1. The van der Waals surface area contributed by atoms with Crippen molar-refractivity contribution in [3.05, 3.63) is 59.1 Å². The highest BCUT2D eigenvalue weighted by atomic mass is 32.1. The molecular weight excluding hydrogens is 372 g/mol. The predicted molar refractivity (Wildman–Crippen MR) is 113 cm³/mol. The Morgan fingerprint density at radius 1 is 1.21 bits per heavy atom. The first kappa shape index (κ1) is 20.5. The number of hydrogen-bond donors (Lipinski definition) is 1. The minimum Gasteiger partial charge on any atom is -0.491 e. The van der Waals surface area contributed by atoms with Crippen molar-refractivity contribution in [3.63, 3.8) is 0 Å². The van der Waals surface area contributed by atoms with E-state index in [-0.39, 0.29) is 12.4 Å². The molecule has 28 heavy (non-hydrogen) atoms. The summed E-state index contributed by atoms with van der Waals surface area (Å²) in [6, 6.07) is 15.8. The van der Waals surface area contributed by atoms with Crippen LogP contribution in [-0.4, -0.2) is 47.1 Å². The first-order valence-electron chi connectivity index (χ1n) is 9.42. The molecule has 0 spiro atoms. The number of nitrogens with zero attached hydrogens (tertiary/aromatic N) is 2. The number of Topliss-reactive ketones (excluding diaryl/α,β-unsaturated/α-hetero) is 1. The van der Waals surface area contributed by atoms with Crippen LogP contribution in [-0.2, 0) is 17.8 Å². The number of thiazole rings is 1. The van der Waals surface area contributed by atoms with E-state index in [0.717, 1.165) is 28.3 Å². The lowest BCUT2D eigenvalue weighted by Gasteiger charge is -2.19. The van der Waals surface area contributed by atoms with Crippen molar-refractivity contribution in [2.75, 3.05) is 20.2 Å². The zero-order valence-corrected chi connectivity index (χ0v) is 17.1. The standard InChI is InChI=1S/C22H26N2O3S/c1-16(25)7-8-17-9-11-19(12-10-17)27-15-18(26)13-24(2)14-22-23-20-5-3-4-6-21(20)28-22/h3-6,9-12,18,26H,7-8,13-15H2,1-2H3. The van der Waals surface area contributed by atoms with Crippen molar-refractivity contribution in [2.24, 2.45) is 0 Å². The Morgan fingerprint density at radius 3 is 2.68 bits per heavy atom. The Balaban J connectivity index is 1.43. The molecule has 6 heteroatoms. The second-order valence-electron chi connectivity index (χ2n) is 7.08. The molecule has 0 amide bonds. The van der Waals surface area contributed by atoms with Crippen molar-refractivity contribution < 1.29 is 14.6 Å². The van der Waals surface area contributed by atoms with E-state index in [1.807, 2.05) is 49.5 Å². The van der Waals surface area contributed by atoms with Crippen LogP contribution in [0.5, 0.6) is 5.75 Å². The number of carbonyl (C=O) groups is 1. The van der Waals surface area contributed by atoms with E-state index in [9.17, 15) is 9.90 Å². The summed E-state index contributed by atoms with van der Waals surface area (Å²) in [5.74, 6) is 0.915. The summed E-state index contributed by atoms with van der Waals surface area (Å²) in [7, 11) is 1.97. The summed E-state index contributed by atoms with van der Waals surface area (Å²) >= 11 is 1.68. The van der Waals surface area contributed by atoms with E-state index in [1.165, 1.54) is 4.70 Å². The summed E-state index contributed by atoms with van der Waals surface area (Å²) in [5, 5.41) is 11.3. The number of ketones is 1. The highest BCUT2D eigenvalue weighted by Gasteiger charge is 2.12. The van der Waals surface area contributed by atoms with Gasteiger partial charge in [0.25, 0.3) is 0 Å². The van der Waals surface area contributed by atoms with Crippen LogP contribution < -0.4 is 4.74 Å². The molecule has 1 unspecified atom stereocenters. The van der Waals surface area contributed by atoms with Crippen molar-refractivity contribution in [3.8, 4) is 5.75 Å². The van der Waals surface area contributed by atoms with E-state index in [0.29, 0.717) is 19.5 Å². The molecule has 0 aliphatic carbocycles. The molecule has 0 fully saturated rings. The molecular formula is C22H26N2O3S. The van der Waals surface area contributed by atoms with Crippen LogP contribution in [0.2, 0.25) is 0 Å². The number of benzene rings is 2. The maximum Gasteiger partial charge on any atom is 0.130 e. The number of para-hydroxylation sites is 1. The Kier molecular flexibility index (Phi) is 7.14. The number of likely N-dealkylation sites (N-methyl/N-ethyl adjacent to an activating group) is 1. The Morgan fingerprint density at radius 2 is 1.96 bits per heavy atom. The molecule has 0 bridgehead atoms. The highest BCUT2D eigenvalue weighted by Crippen LogP contribution is 2.22. The van der Waals surface area contributed by atoms with Crippen LogP contribution in [0.25, 0.3) is 10.2 Å². The predicted octanol–water partition coefficient (Wildman–Crippen LogP) is 3.69. The van der Waals surface area contributed by atoms with Crippen LogP contribution in [0.15, 0.2) is 48.5 Å². The number of carbonyl (C=O) groups excluding carboxylic acids is 1. The smallest absolute Gasteiger partial charge is 0.130 e. The van der Waals surface area contributed by atoms with Gasteiger partial charge in [0.1, 0.15) is 29.3 Å². The number of rotatable bonds is 10. The van der Waals surface area contributed by atoms with E-state index in [4.69, 9.17) is 4.74 Å². The van der Waals surface area contributed by atoms with Gasteiger partial charge in [-0.1, -0.05) is 24.3 Å². The van der Waals surface area contributed by atoms with Crippen LogP contribution in [0.4, 0.5) is 0 Å². The van der Waals surface area contributed by atoms with Gasteiger partial charge in [-0.15, -0.1) is 11.3 Å². The lowest BCUT2D eigenvalue weighted by molar-refractivity contribution is -0.116. The van der Waals surface area contributed by atoms with Gasteiger partial charge < -0.3 is 14.6 Å². The van der Waals surface area contributed by atoms with E-state index in [2.05, 4.69) is 16.0 Å². The molecule has 5 nitrogen and oxygen atoms in total. The summed E-state index contributed by atoms with van der Waals surface area (Å²) in [6.45, 7) is 3.04. The van der Waals surface area contributed by atoms with Crippen LogP contribution >= 0.6 is 11.3 Å². The largest absolute Gasteiger partial charge is 0.491 e. The van der Waals surface area contributed by atoms with Gasteiger partial charge in [-0.3, -0.25) is 4.90 Å². The molecule has 2 aromatic carbocycles. The molecule has 0 saturated carbocycles. The SMILES string of the molecule is CC(=O)CCc1ccc(OCC(O)CN(C)Cc2nc3ccccc3s2)cc1. The van der Waals surface area contributed by atoms with Gasteiger partial charge in [0.15, 0.2) is 0 Å². The van der Waals surface area contributed by atoms with E-state index >= 15 is 0 Å². The molecule has 1 heterocycles. The first-order valence-corrected chi connectivity index (χ1v) is 10.2. The van der Waals surface area contributed by atoms with Crippen molar-refractivity contribution >= 4 is 27.3 Å². The zero-order valence-electron chi connectivity index (χ0n) is 16.3. The maximum absolute atomic E-state index is 11.1. The molecule has 148 valence electrons. The van der Waals surface area contributed by atoms with Crippen molar-refractivity contribution in [2.45, 2.75) is 32.4 Å². The summed E-state index contributed by atoms with van der Waals surface area (Å²) in [5.41, 5.74) is 2.13.